The van der Waals surface area contributed by atoms with Crippen molar-refractivity contribution in [2.75, 3.05) is 13.1 Å². The first-order valence-corrected chi connectivity index (χ1v) is 5.87. The highest BCUT2D eigenvalue weighted by Gasteiger charge is 2.37. The Morgan fingerprint density at radius 1 is 1.41 bits per heavy atom. The minimum atomic E-state index is -1.41. The zero-order chi connectivity index (χ0) is 12.9. The van der Waals surface area contributed by atoms with E-state index in [4.69, 9.17) is 15.9 Å². The fourth-order valence-corrected chi connectivity index (χ4v) is 2.00. The lowest BCUT2D eigenvalue weighted by atomic mass is 9.66. The average molecular weight is 244 g/mol. The van der Waals surface area contributed by atoms with Crippen molar-refractivity contribution in [1.82, 2.24) is 5.32 Å². The fourth-order valence-electron chi connectivity index (χ4n) is 2.00. The molecule has 0 saturated heterocycles. The van der Waals surface area contributed by atoms with Crippen LogP contribution in [0.2, 0.25) is 0 Å². The molecular formula is C11H20N2O4. The fraction of sp³-hybridized carbons (Fsp3) is 0.818. The number of nitrogens with one attached hydrogen (secondary N) is 1. The minimum absolute atomic E-state index is 0.0245. The maximum atomic E-state index is 11.6. The normalized spacial score (nSPS) is 19.2. The van der Waals surface area contributed by atoms with E-state index in [1.165, 1.54) is 0 Å². The van der Waals surface area contributed by atoms with E-state index < -0.39 is 12.1 Å². The number of amides is 1. The molecule has 1 rings (SSSR count). The number of aliphatic hydroxyl groups excluding tert-OH is 1. The van der Waals surface area contributed by atoms with Gasteiger partial charge in [-0.25, -0.2) is 4.79 Å². The highest BCUT2D eigenvalue weighted by Crippen LogP contribution is 2.42. The number of carbonyl (C=O) groups is 2. The van der Waals surface area contributed by atoms with E-state index in [1.54, 1.807) is 0 Å². The summed E-state index contributed by atoms with van der Waals surface area (Å²) in [6.45, 7) is 0.686. The van der Waals surface area contributed by atoms with Gasteiger partial charge in [0.2, 0.25) is 5.91 Å². The number of nitrogens with two attached hydrogens (primary N) is 1. The van der Waals surface area contributed by atoms with Crippen LogP contribution in [0.5, 0.6) is 0 Å². The van der Waals surface area contributed by atoms with Crippen LogP contribution in [0.25, 0.3) is 0 Å². The summed E-state index contributed by atoms with van der Waals surface area (Å²) >= 11 is 0. The Morgan fingerprint density at radius 3 is 2.47 bits per heavy atom. The SMILES string of the molecule is NCC1(CC(=O)NCCC(O)C(=O)O)CCC1. The molecule has 1 fully saturated rings. The second kappa shape index (κ2) is 5.97. The van der Waals surface area contributed by atoms with Crippen LogP contribution >= 0.6 is 0 Å². The predicted molar refractivity (Wildman–Crippen MR) is 61.2 cm³/mol. The van der Waals surface area contributed by atoms with Gasteiger partial charge in [-0.15, -0.1) is 0 Å². The van der Waals surface area contributed by atoms with Gasteiger partial charge in [0, 0.05) is 19.4 Å². The van der Waals surface area contributed by atoms with Crippen LogP contribution in [0.3, 0.4) is 0 Å². The van der Waals surface area contributed by atoms with Gasteiger partial charge in [0.05, 0.1) is 0 Å². The van der Waals surface area contributed by atoms with Gasteiger partial charge in [0.15, 0.2) is 6.10 Å². The average Bonchev–Trinajstić information content (AvgIpc) is 2.23. The summed E-state index contributed by atoms with van der Waals surface area (Å²) < 4.78 is 0. The first-order chi connectivity index (χ1) is 7.99. The van der Waals surface area contributed by atoms with E-state index in [-0.39, 0.29) is 24.3 Å². The van der Waals surface area contributed by atoms with E-state index in [9.17, 15) is 9.59 Å². The Labute approximate surface area is 100 Å². The van der Waals surface area contributed by atoms with Crippen LogP contribution in [-0.4, -0.2) is 41.3 Å². The van der Waals surface area contributed by atoms with E-state index in [2.05, 4.69) is 5.32 Å². The molecule has 0 aromatic rings. The molecule has 98 valence electrons. The third-order valence-corrected chi connectivity index (χ3v) is 3.41. The molecule has 1 atom stereocenters. The van der Waals surface area contributed by atoms with Crippen molar-refractivity contribution in [3.8, 4) is 0 Å². The zero-order valence-corrected chi connectivity index (χ0v) is 9.82. The van der Waals surface area contributed by atoms with Crippen LogP contribution in [0, 0.1) is 5.41 Å². The summed E-state index contributed by atoms with van der Waals surface area (Å²) in [5.41, 5.74) is 5.59. The lowest BCUT2D eigenvalue weighted by Gasteiger charge is -2.40. The second-order valence-electron chi connectivity index (χ2n) is 4.73. The summed E-state index contributed by atoms with van der Waals surface area (Å²) in [7, 11) is 0. The lowest BCUT2D eigenvalue weighted by Crippen LogP contribution is -2.42. The highest BCUT2D eigenvalue weighted by molar-refractivity contribution is 5.77. The summed E-state index contributed by atoms with van der Waals surface area (Å²) in [4.78, 5) is 21.9. The maximum absolute atomic E-state index is 11.6. The molecule has 5 N–H and O–H groups in total. The highest BCUT2D eigenvalue weighted by atomic mass is 16.4. The number of carboxylic acid groups (broad SMARTS) is 1. The van der Waals surface area contributed by atoms with Crippen LogP contribution in [-0.2, 0) is 9.59 Å². The monoisotopic (exact) mass is 244 g/mol. The number of aliphatic carboxylic acids is 1. The van der Waals surface area contributed by atoms with E-state index >= 15 is 0 Å². The van der Waals surface area contributed by atoms with Gasteiger partial charge in [-0.1, -0.05) is 6.42 Å². The van der Waals surface area contributed by atoms with Crippen molar-refractivity contribution in [1.29, 1.82) is 0 Å². The van der Waals surface area contributed by atoms with Gasteiger partial charge < -0.3 is 21.3 Å². The number of aliphatic hydroxyl groups is 1. The molecule has 0 aliphatic heterocycles. The Bertz CT molecular complexity index is 284. The van der Waals surface area contributed by atoms with Crippen molar-refractivity contribution in [3.05, 3.63) is 0 Å². The van der Waals surface area contributed by atoms with Crippen molar-refractivity contribution in [2.24, 2.45) is 11.1 Å². The van der Waals surface area contributed by atoms with Gasteiger partial charge in [-0.3, -0.25) is 4.79 Å². The van der Waals surface area contributed by atoms with Crippen LogP contribution in [0.1, 0.15) is 32.1 Å². The zero-order valence-electron chi connectivity index (χ0n) is 9.82. The number of hydrogen-bond donors (Lipinski definition) is 4. The molecular weight excluding hydrogens is 224 g/mol. The first kappa shape index (κ1) is 13.9. The van der Waals surface area contributed by atoms with E-state index in [0.717, 1.165) is 19.3 Å². The topological polar surface area (TPSA) is 113 Å². The number of rotatable bonds is 7. The molecule has 1 aliphatic rings. The number of carbonyl (C=O) groups excluding carboxylic acids is 1. The largest absolute Gasteiger partial charge is 0.479 e. The van der Waals surface area contributed by atoms with Crippen molar-refractivity contribution in [3.63, 3.8) is 0 Å². The molecule has 0 bridgehead atoms. The number of carboxylic acids is 1. The first-order valence-electron chi connectivity index (χ1n) is 5.87. The Balaban J connectivity index is 2.19. The van der Waals surface area contributed by atoms with E-state index in [1.807, 2.05) is 0 Å². The molecule has 6 nitrogen and oxygen atoms in total. The predicted octanol–water partition coefficient (Wildman–Crippen LogP) is -0.543. The Kier molecular flexibility index (Phi) is 4.89. The van der Waals surface area contributed by atoms with Crippen molar-refractivity contribution >= 4 is 11.9 Å². The van der Waals surface area contributed by atoms with Gasteiger partial charge >= 0.3 is 5.97 Å². The molecule has 1 aliphatic carbocycles. The van der Waals surface area contributed by atoms with Gasteiger partial charge in [-0.05, 0) is 24.8 Å². The van der Waals surface area contributed by atoms with Gasteiger partial charge in [0.25, 0.3) is 0 Å². The minimum Gasteiger partial charge on any atom is -0.479 e. The van der Waals surface area contributed by atoms with Gasteiger partial charge in [-0.2, -0.15) is 0 Å². The lowest BCUT2D eigenvalue weighted by molar-refractivity contribution is -0.147. The van der Waals surface area contributed by atoms with Crippen molar-refractivity contribution in [2.45, 2.75) is 38.2 Å². The van der Waals surface area contributed by atoms with Crippen LogP contribution in [0.15, 0.2) is 0 Å². The summed E-state index contributed by atoms with van der Waals surface area (Å²) in [6, 6.07) is 0. The summed E-state index contributed by atoms with van der Waals surface area (Å²) in [5, 5.41) is 20.1. The third kappa shape index (κ3) is 3.98. The summed E-state index contributed by atoms with van der Waals surface area (Å²) in [6.07, 6.45) is 2.08. The smallest absolute Gasteiger partial charge is 0.332 e. The van der Waals surface area contributed by atoms with E-state index in [0.29, 0.717) is 13.0 Å². The van der Waals surface area contributed by atoms with Crippen molar-refractivity contribution < 1.29 is 19.8 Å². The Morgan fingerprint density at radius 2 is 2.06 bits per heavy atom. The van der Waals surface area contributed by atoms with Crippen LogP contribution in [0.4, 0.5) is 0 Å². The Hall–Kier alpha value is -1.14. The molecule has 0 spiro atoms. The molecule has 0 heterocycles. The van der Waals surface area contributed by atoms with Gasteiger partial charge in [0.1, 0.15) is 0 Å². The summed E-state index contributed by atoms with van der Waals surface area (Å²) in [5.74, 6) is -1.38. The molecule has 0 aromatic carbocycles. The molecule has 6 heteroatoms. The molecule has 0 aromatic heterocycles. The molecule has 17 heavy (non-hydrogen) atoms. The molecule has 1 unspecified atom stereocenters. The quantitative estimate of drug-likeness (QED) is 0.480. The molecule has 1 amide bonds. The third-order valence-electron chi connectivity index (χ3n) is 3.41. The second-order valence-corrected chi connectivity index (χ2v) is 4.73. The van der Waals surface area contributed by atoms with Crippen LogP contribution < -0.4 is 11.1 Å². The molecule has 0 radical (unpaired) electrons. The molecule has 1 saturated carbocycles. The standard InChI is InChI=1S/C11H20N2O4/c12-7-11(3-1-4-11)6-9(15)13-5-2-8(14)10(16)17/h8,14H,1-7,12H2,(H,13,15)(H,16,17). The maximum Gasteiger partial charge on any atom is 0.332 e. The number of hydrogen-bond acceptors (Lipinski definition) is 4.